The average molecular weight is 309 g/mol. The van der Waals surface area contributed by atoms with Crippen LogP contribution < -0.4 is 10.6 Å². The molecule has 0 saturated heterocycles. The van der Waals surface area contributed by atoms with Crippen molar-refractivity contribution in [1.82, 2.24) is 0 Å². The van der Waals surface area contributed by atoms with Gasteiger partial charge in [0.05, 0.1) is 17.1 Å². The molecule has 0 atom stereocenters. The van der Waals surface area contributed by atoms with Gasteiger partial charge in [-0.1, -0.05) is 39.3 Å². The number of hydrogen-bond donors (Lipinski definition) is 2. The van der Waals surface area contributed by atoms with Crippen LogP contribution in [0.1, 0.15) is 46.1 Å². The number of fused-ring (bicyclic) bond motifs is 1. The van der Waals surface area contributed by atoms with Crippen LogP contribution in [0.15, 0.2) is 12.1 Å². The Morgan fingerprint density at radius 1 is 1.19 bits per heavy atom. The van der Waals surface area contributed by atoms with Crippen LogP contribution in [0.4, 0.5) is 11.4 Å². The van der Waals surface area contributed by atoms with Crippen molar-refractivity contribution in [2.24, 2.45) is 11.8 Å². The Morgan fingerprint density at radius 2 is 1.81 bits per heavy atom. The molecule has 1 aromatic carbocycles. The second-order valence-corrected chi connectivity index (χ2v) is 7.22. The van der Waals surface area contributed by atoms with Gasteiger partial charge in [-0.05, 0) is 42.4 Å². The molecule has 0 aromatic heterocycles. The molecule has 1 aliphatic rings. The Balaban J connectivity index is 2.16. The van der Waals surface area contributed by atoms with Crippen LogP contribution in [0, 0.1) is 11.8 Å². The number of carbonyl (C=O) groups excluding carboxylic acids is 1. The van der Waals surface area contributed by atoms with Gasteiger partial charge in [-0.3, -0.25) is 4.79 Å². The van der Waals surface area contributed by atoms with Crippen LogP contribution in [0.5, 0.6) is 0 Å². The SMILES string of the molecule is CC(C)CC(CC(C)C)Nc1cc2c(cc1Cl)NC(=O)C2. The highest BCUT2D eigenvalue weighted by Gasteiger charge is 2.21. The van der Waals surface area contributed by atoms with Crippen LogP contribution in [0.3, 0.4) is 0 Å². The number of rotatable bonds is 6. The molecule has 0 unspecified atom stereocenters. The lowest BCUT2D eigenvalue weighted by Gasteiger charge is -2.24. The second-order valence-electron chi connectivity index (χ2n) is 6.81. The van der Waals surface area contributed by atoms with E-state index in [1.807, 2.05) is 12.1 Å². The number of hydrogen-bond acceptors (Lipinski definition) is 2. The standard InChI is InChI=1S/C17H25ClN2O/c1-10(2)5-13(6-11(3)4)19-16-7-12-8-17(21)20-15(12)9-14(16)18/h7,9-11,13,19H,5-6,8H2,1-4H3,(H,20,21). The van der Waals surface area contributed by atoms with Gasteiger partial charge in [0.15, 0.2) is 0 Å². The zero-order chi connectivity index (χ0) is 15.6. The third kappa shape index (κ3) is 4.37. The summed E-state index contributed by atoms with van der Waals surface area (Å²) in [6, 6.07) is 4.28. The van der Waals surface area contributed by atoms with Gasteiger partial charge in [0, 0.05) is 11.7 Å². The summed E-state index contributed by atoms with van der Waals surface area (Å²) in [6.45, 7) is 8.95. The van der Waals surface area contributed by atoms with Crippen molar-refractivity contribution in [3.05, 3.63) is 22.7 Å². The maximum atomic E-state index is 11.5. The van der Waals surface area contributed by atoms with Gasteiger partial charge >= 0.3 is 0 Å². The summed E-state index contributed by atoms with van der Waals surface area (Å²) in [4.78, 5) is 11.5. The molecule has 1 aliphatic heterocycles. The van der Waals surface area contributed by atoms with E-state index in [4.69, 9.17) is 11.6 Å². The highest BCUT2D eigenvalue weighted by molar-refractivity contribution is 6.33. The molecule has 116 valence electrons. The van der Waals surface area contributed by atoms with Crippen LogP contribution in [-0.2, 0) is 11.2 Å². The third-order valence-corrected chi connectivity index (χ3v) is 4.00. The lowest BCUT2D eigenvalue weighted by Crippen LogP contribution is -2.23. The van der Waals surface area contributed by atoms with Crippen molar-refractivity contribution in [3.8, 4) is 0 Å². The monoisotopic (exact) mass is 308 g/mol. The molecule has 21 heavy (non-hydrogen) atoms. The van der Waals surface area contributed by atoms with E-state index in [2.05, 4.69) is 38.3 Å². The van der Waals surface area contributed by atoms with E-state index < -0.39 is 0 Å². The van der Waals surface area contributed by atoms with Gasteiger partial charge in [-0.15, -0.1) is 0 Å². The van der Waals surface area contributed by atoms with Gasteiger partial charge in [0.2, 0.25) is 5.91 Å². The fourth-order valence-corrected chi connectivity index (χ4v) is 3.15. The maximum Gasteiger partial charge on any atom is 0.228 e. The van der Waals surface area contributed by atoms with E-state index in [1.165, 1.54) is 0 Å². The van der Waals surface area contributed by atoms with Crippen molar-refractivity contribution in [2.45, 2.75) is 53.0 Å². The van der Waals surface area contributed by atoms with E-state index in [0.717, 1.165) is 29.8 Å². The summed E-state index contributed by atoms with van der Waals surface area (Å²) in [5.41, 5.74) is 2.82. The fourth-order valence-electron chi connectivity index (χ4n) is 2.93. The summed E-state index contributed by atoms with van der Waals surface area (Å²) in [5, 5.41) is 7.09. The summed E-state index contributed by atoms with van der Waals surface area (Å²) < 4.78 is 0. The summed E-state index contributed by atoms with van der Waals surface area (Å²) >= 11 is 6.36. The van der Waals surface area contributed by atoms with Crippen LogP contribution >= 0.6 is 11.6 Å². The molecule has 4 heteroatoms. The molecule has 2 rings (SSSR count). The third-order valence-electron chi connectivity index (χ3n) is 3.69. The highest BCUT2D eigenvalue weighted by Crippen LogP contribution is 2.34. The van der Waals surface area contributed by atoms with Gasteiger partial charge in [0.25, 0.3) is 0 Å². The molecule has 0 spiro atoms. The summed E-state index contributed by atoms with van der Waals surface area (Å²) in [6.07, 6.45) is 2.67. The molecule has 0 saturated carbocycles. The molecule has 0 fully saturated rings. The average Bonchev–Trinajstić information content (AvgIpc) is 2.67. The van der Waals surface area contributed by atoms with Gasteiger partial charge in [-0.2, -0.15) is 0 Å². The number of nitrogens with one attached hydrogen (secondary N) is 2. The Labute approximate surface area is 132 Å². The zero-order valence-corrected chi connectivity index (χ0v) is 14.1. The van der Waals surface area contributed by atoms with Crippen molar-refractivity contribution in [2.75, 3.05) is 10.6 Å². The minimum atomic E-state index is 0.0409. The smallest absolute Gasteiger partial charge is 0.228 e. The van der Waals surface area contributed by atoms with Crippen LogP contribution in [0.25, 0.3) is 0 Å². The Bertz CT molecular complexity index is 516. The predicted molar refractivity (Wildman–Crippen MR) is 90.1 cm³/mol. The van der Waals surface area contributed by atoms with Gasteiger partial charge < -0.3 is 10.6 Å². The molecule has 2 N–H and O–H groups in total. The molecular weight excluding hydrogens is 284 g/mol. The lowest BCUT2D eigenvalue weighted by molar-refractivity contribution is -0.115. The topological polar surface area (TPSA) is 41.1 Å². The molecular formula is C17H25ClN2O. The molecule has 0 radical (unpaired) electrons. The fraction of sp³-hybridized carbons (Fsp3) is 0.588. The number of anilines is 2. The van der Waals surface area contributed by atoms with E-state index in [1.54, 1.807) is 0 Å². The first-order chi connectivity index (χ1) is 9.85. The summed E-state index contributed by atoms with van der Waals surface area (Å²) in [7, 11) is 0. The molecule has 1 aromatic rings. The van der Waals surface area contributed by atoms with Gasteiger partial charge in [-0.25, -0.2) is 0 Å². The van der Waals surface area contributed by atoms with Crippen molar-refractivity contribution >= 4 is 28.9 Å². The number of amides is 1. The highest BCUT2D eigenvalue weighted by atomic mass is 35.5. The minimum absolute atomic E-state index is 0.0409. The quantitative estimate of drug-likeness (QED) is 0.799. The first-order valence-electron chi connectivity index (χ1n) is 7.74. The summed E-state index contributed by atoms with van der Waals surface area (Å²) in [5.74, 6) is 1.31. The van der Waals surface area contributed by atoms with Crippen molar-refractivity contribution in [3.63, 3.8) is 0 Å². The first kappa shape index (κ1) is 16.2. The van der Waals surface area contributed by atoms with E-state index in [0.29, 0.717) is 29.3 Å². The van der Waals surface area contributed by atoms with Crippen molar-refractivity contribution in [1.29, 1.82) is 0 Å². The second kappa shape index (κ2) is 6.69. The number of carbonyl (C=O) groups is 1. The largest absolute Gasteiger partial charge is 0.381 e. The molecule has 3 nitrogen and oxygen atoms in total. The van der Waals surface area contributed by atoms with E-state index >= 15 is 0 Å². The first-order valence-corrected chi connectivity index (χ1v) is 8.11. The minimum Gasteiger partial charge on any atom is -0.381 e. The number of benzene rings is 1. The molecule has 1 amide bonds. The Kier molecular flexibility index (Phi) is 5.15. The molecule has 1 heterocycles. The molecule has 0 bridgehead atoms. The zero-order valence-electron chi connectivity index (χ0n) is 13.3. The van der Waals surface area contributed by atoms with Crippen LogP contribution in [-0.4, -0.2) is 11.9 Å². The van der Waals surface area contributed by atoms with Crippen LogP contribution in [0.2, 0.25) is 5.02 Å². The van der Waals surface area contributed by atoms with E-state index in [9.17, 15) is 4.79 Å². The lowest BCUT2D eigenvalue weighted by atomic mass is 9.95. The van der Waals surface area contributed by atoms with Gasteiger partial charge in [0.1, 0.15) is 0 Å². The molecule has 0 aliphatic carbocycles. The van der Waals surface area contributed by atoms with E-state index in [-0.39, 0.29) is 5.91 Å². The Morgan fingerprint density at radius 3 is 2.38 bits per heavy atom. The normalized spacial score (nSPS) is 14.0. The maximum absolute atomic E-state index is 11.5. The predicted octanol–water partition coefficient (Wildman–Crippen LogP) is 4.71. The van der Waals surface area contributed by atoms with Crippen molar-refractivity contribution < 1.29 is 4.79 Å². The number of halogens is 1. The Hall–Kier alpha value is -1.22.